The Morgan fingerprint density at radius 2 is 2.00 bits per heavy atom. The SMILES string of the molecule is Cc1ccc(N2C[C@@H](C(=O)Nc3ccc(Br)cc3Cl)CC2=O)c(C)c1. The molecule has 0 unspecified atom stereocenters. The molecule has 2 aromatic carbocycles. The summed E-state index contributed by atoms with van der Waals surface area (Å²) in [5.41, 5.74) is 3.59. The van der Waals surface area contributed by atoms with Crippen LogP contribution in [0.1, 0.15) is 17.5 Å². The molecule has 6 heteroatoms. The van der Waals surface area contributed by atoms with Crippen molar-refractivity contribution in [2.45, 2.75) is 20.3 Å². The second-order valence-electron chi connectivity index (χ2n) is 6.31. The van der Waals surface area contributed by atoms with Crippen LogP contribution in [0.25, 0.3) is 0 Å². The minimum absolute atomic E-state index is 0.0333. The second kappa shape index (κ2) is 7.18. The van der Waals surface area contributed by atoms with Gasteiger partial charge in [-0.05, 0) is 43.7 Å². The van der Waals surface area contributed by atoms with E-state index in [9.17, 15) is 9.59 Å². The standard InChI is InChI=1S/C19H18BrClN2O2/c1-11-3-6-17(12(2)7-11)23-10-13(8-18(23)24)19(25)22-16-5-4-14(20)9-15(16)21/h3-7,9,13H,8,10H2,1-2H3,(H,22,25)/t13-/m0/s1. The first-order valence-electron chi connectivity index (χ1n) is 7.98. The molecule has 1 fully saturated rings. The molecule has 1 atom stereocenters. The Morgan fingerprint density at radius 1 is 1.24 bits per heavy atom. The van der Waals surface area contributed by atoms with Gasteiger partial charge in [0.15, 0.2) is 0 Å². The lowest BCUT2D eigenvalue weighted by atomic mass is 10.1. The largest absolute Gasteiger partial charge is 0.324 e. The normalized spacial score (nSPS) is 17.0. The molecule has 130 valence electrons. The molecule has 1 aliphatic rings. The van der Waals surface area contributed by atoms with E-state index in [1.807, 2.05) is 38.1 Å². The number of benzene rings is 2. The van der Waals surface area contributed by atoms with Crippen LogP contribution in [0.5, 0.6) is 0 Å². The molecule has 25 heavy (non-hydrogen) atoms. The maximum Gasteiger partial charge on any atom is 0.229 e. The van der Waals surface area contributed by atoms with Gasteiger partial charge in [-0.15, -0.1) is 0 Å². The maximum atomic E-state index is 12.6. The van der Waals surface area contributed by atoms with Gasteiger partial charge < -0.3 is 10.2 Å². The Kier molecular flexibility index (Phi) is 5.16. The van der Waals surface area contributed by atoms with Crippen LogP contribution in [-0.2, 0) is 9.59 Å². The van der Waals surface area contributed by atoms with E-state index in [4.69, 9.17) is 11.6 Å². The number of carbonyl (C=O) groups is 2. The summed E-state index contributed by atoms with van der Waals surface area (Å²) < 4.78 is 0.840. The van der Waals surface area contributed by atoms with E-state index in [2.05, 4.69) is 21.2 Å². The monoisotopic (exact) mass is 420 g/mol. The van der Waals surface area contributed by atoms with E-state index in [-0.39, 0.29) is 18.2 Å². The Bertz CT molecular complexity index is 853. The molecule has 0 bridgehead atoms. The summed E-state index contributed by atoms with van der Waals surface area (Å²) in [6.45, 7) is 4.37. The molecule has 1 heterocycles. The Labute approximate surface area is 160 Å². The third-order valence-corrected chi connectivity index (χ3v) is 5.13. The van der Waals surface area contributed by atoms with Gasteiger partial charge in [0.1, 0.15) is 0 Å². The molecule has 3 rings (SSSR count). The van der Waals surface area contributed by atoms with Crippen LogP contribution in [0, 0.1) is 19.8 Å². The highest BCUT2D eigenvalue weighted by atomic mass is 79.9. The van der Waals surface area contributed by atoms with E-state index in [0.717, 1.165) is 21.3 Å². The highest BCUT2D eigenvalue weighted by molar-refractivity contribution is 9.10. The van der Waals surface area contributed by atoms with Crippen LogP contribution >= 0.6 is 27.5 Å². The first kappa shape index (κ1) is 18.0. The van der Waals surface area contributed by atoms with Crippen molar-refractivity contribution in [3.63, 3.8) is 0 Å². The number of anilines is 2. The first-order valence-corrected chi connectivity index (χ1v) is 9.16. The topological polar surface area (TPSA) is 49.4 Å². The minimum Gasteiger partial charge on any atom is -0.324 e. The number of halogens is 2. The van der Waals surface area contributed by atoms with Crippen LogP contribution in [0.15, 0.2) is 40.9 Å². The van der Waals surface area contributed by atoms with Gasteiger partial charge in [0.25, 0.3) is 0 Å². The number of rotatable bonds is 3. The van der Waals surface area contributed by atoms with Crippen LogP contribution in [0.2, 0.25) is 5.02 Å². The third kappa shape index (κ3) is 3.88. The minimum atomic E-state index is -0.395. The van der Waals surface area contributed by atoms with E-state index in [1.54, 1.807) is 17.0 Å². The zero-order chi connectivity index (χ0) is 18.1. The number of nitrogens with zero attached hydrogens (tertiary/aromatic N) is 1. The summed E-state index contributed by atoms with van der Waals surface area (Å²) in [7, 11) is 0. The smallest absolute Gasteiger partial charge is 0.229 e. The summed E-state index contributed by atoms with van der Waals surface area (Å²) >= 11 is 9.48. The van der Waals surface area contributed by atoms with Crippen molar-refractivity contribution in [1.82, 2.24) is 0 Å². The van der Waals surface area contributed by atoms with Gasteiger partial charge in [0, 0.05) is 23.1 Å². The molecule has 0 aliphatic carbocycles. The lowest BCUT2D eigenvalue weighted by Crippen LogP contribution is -2.28. The zero-order valence-electron chi connectivity index (χ0n) is 14.0. The highest BCUT2D eigenvalue weighted by Crippen LogP contribution is 2.30. The number of carbonyl (C=O) groups excluding carboxylic acids is 2. The predicted octanol–water partition coefficient (Wildman–Crippen LogP) is 4.71. The van der Waals surface area contributed by atoms with E-state index in [0.29, 0.717) is 17.3 Å². The van der Waals surface area contributed by atoms with Crippen molar-refractivity contribution >= 4 is 50.7 Å². The van der Waals surface area contributed by atoms with Gasteiger partial charge in [-0.3, -0.25) is 9.59 Å². The van der Waals surface area contributed by atoms with Crippen LogP contribution < -0.4 is 10.2 Å². The Balaban J connectivity index is 1.74. The van der Waals surface area contributed by atoms with Crippen LogP contribution in [0.4, 0.5) is 11.4 Å². The van der Waals surface area contributed by atoms with Gasteiger partial charge in [-0.1, -0.05) is 45.2 Å². The summed E-state index contributed by atoms with van der Waals surface area (Å²) in [5.74, 6) is -0.619. The van der Waals surface area contributed by atoms with Gasteiger partial charge in [-0.2, -0.15) is 0 Å². The van der Waals surface area contributed by atoms with Crippen molar-refractivity contribution in [3.05, 3.63) is 57.0 Å². The molecular formula is C19H18BrClN2O2. The van der Waals surface area contributed by atoms with E-state index >= 15 is 0 Å². The van der Waals surface area contributed by atoms with E-state index in [1.165, 1.54) is 0 Å². The van der Waals surface area contributed by atoms with Crippen molar-refractivity contribution in [2.75, 3.05) is 16.8 Å². The Hall–Kier alpha value is -1.85. The summed E-state index contributed by atoms with van der Waals surface area (Å²) in [6, 6.07) is 11.2. The number of nitrogens with one attached hydrogen (secondary N) is 1. The lowest BCUT2D eigenvalue weighted by Gasteiger charge is -2.19. The highest BCUT2D eigenvalue weighted by Gasteiger charge is 2.35. The number of hydrogen-bond donors (Lipinski definition) is 1. The quantitative estimate of drug-likeness (QED) is 0.780. The lowest BCUT2D eigenvalue weighted by molar-refractivity contribution is -0.122. The number of hydrogen-bond acceptors (Lipinski definition) is 2. The fraction of sp³-hybridized carbons (Fsp3) is 0.263. The molecule has 2 amide bonds. The maximum absolute atomic E-state index is 12.6. The van der Waals surface area contributed by atoms with Gasteiger partial charge in [0.2, 0.25) is 11.8 Å². The molecule has 1 saturated heterocycles. The van der Waals surface area contributed by atoms with Crippen LogP contribution in [0.3, 0.4) is 0 Å². The van der Waals surface area contributed by atoms with Crippen LogP contribution in [-0.4, -0.2) is 18.4 Å². The number of aryl methyl sites for hydroxylation is 2. The third-order valence-electron chi connectivity index (χ3n) is 4.33. The van der Waals surface area contributed by atoms with Gasteiger partial charge in [-0.25, -0.2) is 0 Å². The average Bonchev–Trinajstić information content (AvgIpc) is 2.92. The van der Waals surface area contributed by atoms with Crippen molar-refractivity contribution < 1.29 is 9.59 Å². The van der Waals surface area contributed by atoms with Gasteiger partial charge >= 0.3 is 0 Å². The Morgan fingerprint density at radius 3 is 2.68 bits per heavy atom. The molecule has 1 N–H and O–H groups in total. The fourth-order valence-electron chi connectivity index (χ4n) is 3.05. The molecular weight excluding hydrogens is 404 g/mol. The van der Waals surface area contributed by atoms with Crippen molar-refractivity contribution in [2.24, 2.45) is 5.92 Å². The molecule has 0 aromatic heterocycles. The molecule has 0 saturated carbocycles. The molecule has 1 aliphatic heterocycles. The van der Waals surface area contributed by atoms with E-state index < -0.39 is 5.92 Å². The van der Waals surface area contributed by atoms with Crippen molar-refractivity contribution in [1.29, 1.82) is 0 Å². The number of amides is 2. The zero-order valence-corrected chi connectivity index (χ0v) is 16.3. The molecule has 0 spiro atoms. The fourth-order valence-corrected chi connectivity index (χ4v) is 3.77. The summed E-state index contributed by atoms with van der Waals surface area (Å²) in [4.78, 5) is 26.7. The summed E-state index contributed by atoms with van der Waals surface area (Å²) in [5, 5.41) is 3.28. The molecule has 2 aromatic rings. The van der Waals surface area contributed by atoms with Crippen molar-refractivity contribution in [3.8, 4) is 0 Å². The average molecular weight is 422 g/mol. The second-order valence-corrected chi connectivity index (χ2v) is 7.63. The predicted molar refractivity (Wildman–Crippen MR) is 104 cm³/mol. The molecule has 4 nitrogen and oxygen atoms in total. The summed E-state index contributed by atoms with van der Waals surface area (Å²) in [6.07, 6.45) is 0.202. The molecule has 0 radical (unpaired) electrons. The van der Waals surface area contributed by atoms with Gasteiger partial charge in [0.05, 0.1) is 16.6 Å². The first-order chi connectivity index (χ1) is 11.8.